The summed E-state index contributed by atoms with van der Waals surface area (Å²) < 4.78 is 0. The summed E-state index contributed by atoms with van der Waals surface area (Å²) in [5.74, 6) is 0.0414. The summed E-state index contributed by atoms with van der Waals surface area (Å²) in [5.41, 5.74) is 5.17. The van der Waals surface area contributed by atoms with Gasteiger partial charge in [-0.2, -0.15) is 0 Å². The molecule has 0 aliphatic carbocycles. The summed E-state index contributed by atoms with van der Waals surface area (Å²) in [6.07, 6.45) is 3.22. The van der Waals surface area contributed by atoms with Crippen molar-refractivity contribution in [1.82, 2.24) is 9.80 Å². The van der Waals surface area contributed by atoms with Crippen molar-refractivity contribution in [3.63, 3.8) is 0 Å². The van der Waals surface area contributed by atoms with Crippen LogP contribution in [0.15, 0.2) is 0 Å². The maximum Gasteiger partial charge on any atom is 0.315 e. The normalized spacial score (nSPS) is 27.4. The van der Waals surface area contributed by atoms with E-state index in [0.717, 1.165) is 25.8 Å². The Labute approximate surface area is 82.8 Å². The van der Waals surface area contributed by atoms with Crippen LogP contribution in [-0.2, 0) is 4.79 Å². The Hall–Kier alpha value is -1.26. The van der Waals surface area contributed by atoms with Gasteiger partial charge in [-0.05, 0) is 19.3 Å². The van der Waals surface area contributed by atoms with E-state index in [1.165, 1.54) is 4.90 Å². The Kier molecular flexibility index (Phi) is 2.31. The number of carbonyl (C=O) groups excluding carboxylic acids is 2. The number of urea groups is 1. The molecule has 2 fully saturated rings. The SMILES string of the molecule is NC(=O)N1CC(=O)N2CCCCC2C1. The van der Waals surface area contributed by atoms with E-state index < -0.39 is 6.03 Å². The fourth-order valence-electron chi connectivity index (χ4n) is 2.26. The zero-order valence-electron chi connectivity index (χ0n) is 8.11. The molecule has 0 aromatic heterocycles. The molecule has 0 aromatic carbocycles. The molecule has 2 saturated heterocycles. The molecule has 0 radical (unpaired) electrons. The Bertz CT molecular complexity index is 267. The molecule has 0 spiro atoms. The van der Waals surface area contributed by atoms with E-state index in [1.807, 2.05) is 4.90 Å². The third kappa shape index (κ3) is 1.54. The molecule has 1 atom stereocenters. The topological polar surface area (TPSA) is 66.6 Å². The number of fused-ring (bicyclic) bond motifs is 1. The fraction of sp³-hybridized carbons (Fsp3) is 0.778. The van der Waals surface area contributed by atoms with Crippen molar-refractivity contribution >= 4 is 11.9 Å². The van der Waals surface area contributed by atoms with Gasteiger partial charge in [0.05, 0.1) is 0 Å². The third-order valence-corrected chi connectivity index (χ3v) is 3.02. The summed E-state index contributed by atoms with van der Waals surface area (Å²) in [6, 6.07) is -0.277. The smallest absolute Gasteiger partial charge is 0.315 e. The second-order valence-corrected chi connectivity index (χ2v) is 3.96. The first-order chi connectivity index (χ1) is 6.68. The monoisotopic (exact) mass is 197 g/mol. The summed E-state index contributed by atoms with van der Waals surface area (Å²) in [5, 5.41) is 0. The maximum atomic E-state index is 11.6. The van der Waals surface area contributed by atoms with Gasteiger partial charge in [0.1, 0.15) is 6.54 Å². The molecule has 78 valence electrons. The molecule has 1 unspecified atom stereocenters. The molecule has 0 aromatic rings. The number of carbonyl (C=O) groups is 2. The second-order valence-electron chi connectivity index (χ2n) is 3.96. The van der Waals surface area contributed by atoms with Crippen LogP contribution in [0.4, 0.5) is 4.79 Å². The minimum atomic E-state index is -0.483. The number of amides is 3. The molecule has 5 nitrogen and oxygen atoms in total. The van der Waals surface area contributed by atoms with E-state index in [9.17, 15) is 9.59 Å². The lowest BCUT2D eigenvalue weighted by molar-refractivity contribution is -0.139. The van der Waals surface area contributed by atoms with Crippen molar-refractivity contribution in [1.29, 1.82) is 0 Å². The first-order valence-electron chi connectivity index (χ1n) is 5.02. The van der Waals surface area contributed by atoms with E-state index in [4.69, 9.17) is 5.73 Å². The van der Waals surface area contributed by atoms with Crippen LogP contribution < -0.4 is 5.73 Å². The molecule has 0 bridgehead atoms. The van der Waals surface area contributed by atoms with Crippen molar-refractivity contribution < 1.29 is 9.59 Å². The zero-order chi connectivity index (χ0) is 10.1. The van der Waals surface area contributed by atoms with Crippen molar-refractivity contribution in [2.45, 2.75) is 25.3 Å². The highest BCUT2D eigenvalue weighted by Crippen LogP contribution is 2.21. The Morgan fingerprint density at radius 1 is 1.43 bits per heavy atom. The van der Waals surface area contributed by atoms with Crippen molar-refractivity contribution in [2.24, 2.45) is 5.73 Å². The molecular formula is C9H15N3O2. The van der Waals surface area contributed by atoms with Crippen molar-refractivity contribution in [3.8, 4) is 0 Å². The minimum absolute atomic E-state index is 0.0414. The maximum absolute atomic E-state index is 11.6. The summed E-state index contributed by atoms with van der Waals surface area (Å²) in [4.78, 5) is 25.9. The number of nitrogens with zero attached hydrogens (tertiary/aromatic N) is 2. The molecule has 2 aliphatic rings. The highest BCUT2D eigenvalue weighted by atomic mass is 16.2. The van der Waals surface area contributed by atoms with Gasteiger partial charge in [-0.15, -0.1) is 0 Å². The Morgan fingerprint density at radius 3 is 2.93 bits per heavy atom. The van der Waals surface area contributed by atoms with Crippen LogP contribution in [0, 0.1) is 0 Å². The first kappa shape index (κ1) is 9.30. The van der Waals surface area contributed by atoms with Crippen molar-refractivity contribution in [2.75, 3.05) is 19.6 Å². The van der Waals surface area contributed by atoms with E-state index in [2.05, 4.69) is 0 Å². The molecule has 2 rings (SSSR count). The van der Waals surface area contributed by atoms with E-state index in [1.54, 1.807) is 0 Å². The molecule has 2 heterocycles. The van der Waals surface area contributed by atoms with Gasteiger partial charge in [-0.25, -0.2) is 4.79 Å². The molecular weight excluding hydrogens is 182 g/mol. The van der Waals surface area contributed by atoms with Crippen molar-refractivity contribution in [3.05, 3.63) is 0 Å². The van der Waals surface area contributed by atoms with Gasteiger partial charge in [-0.1, -0.05) is 0 Å². The van der Waals surface area contributed by atoms with Gasteiger partial charge in [0.25, 0.3) is 0 Å². The van der Waals surface area contributed by atoms with E-state index in [-0.39, 0.29) is 18.5 Å². The van der Waals surface area contributed by atoms with Crippen LogP contribution in [0.1, 0.15) is 19.3 Å². The first-order valence-corrected chi connectivity index (χ1v) is 5.02. The van der Waals surface area contributed by atoms with Crippen LogP contribution in [-0.4, -0.2) is 47.4 Å². The Morgan fingerprint density at radius 2 is 2.21 bits per heavy atom. The molecule has 2 N–H and O–H groups in total. The zero-order valence-corrected chi connectivity index (χ0v) is 8.11. The van der Waals surface area contributed by atoms with Crippen LogP contribution in [0.3, 0.4) is 0 Å². The van der Waals surface area contributed by atoms with Gasteiger partial charge in [0.15, 0.2) is 0 Å². The summed E-state index contributed by atoms with van der Waals surface area (Å²) >= 11 is 0. The Balaban J connectivity index is 2.08. The average molecular weight is 197 g/mol. The number of hydrogen-bond donors (Lipinski definition) is 1. The van der Waals surface area contributed by atoms with Gasteiger partial charge >= 0.3 is 6.03 Å². The van der Waals surface area contributed by atoms with Crippen LogP contribution >= 0.6 is 0 Å². The van der Waals surface area contributed by atoms with Gasteiger partial charge in [-0.3, -0.25) is 4.79 Å². The quantitative estimate of drug-likeness (QED) is 0.582. The van der Waals surface area contributed by atoms with Crippen LogP contribution in [0.25, 0.3) is 0 Å². The lowest BCUT2D eigenvalue weighted by atomic mass is 9.99. The predicted octanol–water partition coefficient (Wildman–Crippen LogP) is -0.238. The van der Waals surface area contributed by atoms with Gasteiger partial charge in [0, 0.05) is 19.1 Å². The molecule has 3 amide bonds. The van der Waals surface area contributed by atoms with Gasteiger partial charge < -0.3 is 15.5 Å². The molecule has 2 aliphatic heterocycles. The number of hydrogen-bond acceptors (Lipinski definition) is 2. The number of primary amides is 1. The highest BCUT2D eigenvalue weighted by molar-refractivity contribution is 5.85. The summed E-state index contributed by atoms with van der Waals surface area (Å²) in [6.45, 7) is 1.61. The molecule has 5 heteroatoms. The largest absolute Gasteiger partial charge is 0.351 e. The van der Waals surface area contributed by atoms with Gasteiger partial charge in [0.2, 0.25) is 5.91 Å². The second kappa shape index (κ2) is 3.48. The molecule has 0 saturated carbocycles. The van der Waals surface area contributed by atoms with Crippen LogP contribution in [0.2, 0.25) is 0 Å². The molecule has 14 heavy (non-hydrogen) atoms. The average Bonchev–Trinajstić information content (AvgIpc) is 2.17. The number of piperazine rings is 1. The standard InChI is InChI=1S/C9H15N3O2/c10-9(14)11-5-7-3-1-2-4-12(7)8(13)6-11/h7H,1-6H2,(H2,10,14). The minimum Gasteiger partial charge on any atom is -0.351 e. The highest BCUT2D eigenvalue weighted by Gasteiger charge is 2.34. The predicted molar refractivity (Wildman–Crippen MR) is 50.5 cm³/mol. The van der Waals surface area contributed by atoms with Crippen LogP contribution in [0.5, 0.6) is 0 Å². The lowest BCUT2D eigenvalue weighted by Gasteiger charge is -2.43. The van der Waals surface area contributed by atoms with E-state index in [0.29, 0.717) is 6.54 Å². The number of rotatable bonds is 0. The fourth-order valence-corrected chi connectivity index (χ4v) is 2.26. The number of nitrogens with two attached hydrogens (primary N) is 1. The third-order valence-electron chi connectivity index (χ3n) is 3.02. The summed E-state index contributed by atoms with van der Waals surface area (Å²) in [7, 11) is 0. The van der Waals surface area contributed by atoms with E-state index >= 15 is 0 Å². The lowest BCUT2D eigenvalue weighted by Crippen LogP contribution is -2.60. The number of piperidine rings is 1.